The highest BCUT2D eigenvalue weighted by molar-refractivity contribution is 7.89. The normalized spacial score (nSPS) is 17.4. The molecule has 3 rings (SSSR count). The number of likely N-dealkylation sites (tertiary alicyclic amines) is 1. The number of hydrogen-bond donors (Lipinski definition) is 3. The molecule has 1 saturated heterocycles. The lowest BCUT2D eigenvalue weighted by atomic mass is 10.2. The maximum absolute atomic E-state index is 12.4. The van der Waals surface area contributed by atoms with Crippen LogP contribution in [0.15, 0.2) is 53.4 Å². The highest BCUT2D eigenvalue weighted by Crippen LogP contribution is 2.20. The van der Waals surface area contributed by atoms with Gasteiger partial charge in [-0.3, -0.25) is 9.69 Å². The van der Waals surface area contributed by atoms with Gasteiger partial charge in [0, 0.05) is 30.5 Å². The molecule has 0 aliphatic carbocycles. The monoisotopic (exact) mass is 402 g/mol. The van der Waals surface area contributed by atoms with Gasteiger partial charge in [-0.1, -0.05) is 24.3 Å². The van der Waals surface area contributed by atoms with Crippen LogP contribution in [0.5, 0.6) is 0 Å². The summed E-state index contributed by atoms with van der Waals surface area (Å²) in [5, 5.41) is 6.29. The molecule has 150 valence electrons. The van der Waals surface area contributed by atoms with Crippen LogP contribution in [-0.2, 0) is 14.8 Å². The fourth-order valence-electron chi connectivity index (χ4n) is 3.35. The quantitative estimate of drug-likeness (QED) is 0.659. The van der Waals surface area contributed by atoms with Crippen LogP contribution < -0.4 is 15.4 Å². The smallest absolute Gasteiger partial charge is 0.240 e. The van der Waals surface area contributed by atoms with Crippen LogP contribution in [0.3, 0.4) is 0 Å². The first kappa shape index (κ1) is 20.3. The molecule has 1 atom stereocenters. The number of hydrogen-bond acceptors (Lipinski definition) is 5. The Morgan fingerprint density at radius 2 is 1.89 bits per heavy atom. The standard InChI is InChI=1S/C20H26N4O3S/c1-15-8-9-17(12-19(15)28(26,27)21-2)23-20(25)14-24-11-10-18(13-24)22-16-6-4-3-5-7-16/h3-9,12,18,21-22H,10-11,13-14H2,1-2H3,(H,23,25). The van der Waals surface area contributed by atoms with Crippen molar-refractivity contribution in [1.29, 1.82) is 0 Å². The summed E-state index contributed by atoms with van der Waals surface area (Å²) in [7, 11) is -2.20. The van der Waals surface area contributed by atoms with Crippen LogP contribution in [0.2, 0.25) is 0 Å². The summed E-state index contributed by atoms with van der Waals surface area (Å²) < 4.78 is 26.5. The van der Waals surface area contributed by atoms with E-state index in [-0.39, 0.29) is 17.3 Å². The second-order valence-electron chi connectivity index (χ2n) is 6.97. The molecule has 0 bridgehead atoms. The Morgan fingerprint density at radius 1 is 1.14 bits per heavy atom. The molecule has 0 saturated carbocycles. The Morgan fingerprint density at radius 3 is 2.61 bits per heavy atom. The van der Waals surface area contributed by atoms with Crippen molar-refractivity contribution < 1.29 is 13.2 Å². The number of nitrogens with one attached hydrogen (secondary N) is 3. The molecular formula is C20H26N4O3S. The van der Waals surface area contributed by atoms with Crippen LogP contribution in [0.1, 0.15) is 12.0 Å². The summed E-state index contributed by atoms with van der Waals surface area (Å²) in [4.78, 5) is 14.7. The van der Waals surface area contributed by atoms with E-state index in [4.69, 9.17) is 0 Å². The van der Waals surface area contributed by atoms with Gasteiger partial charge in [-0.2, -0.15) is 0 Å². The SMILES string of the molecule is CNS(=O)(=O)c1cc(NC(=O)CN2CCC(Nc3ccccc3)C2)ccc1C. The molecule has 2 aromatic carbocycles. The van der Waals surface area contributed by atoms with Crippen LogP contribution in [0.25, 0.3) is 0 Å². The summed E-state index contributed by atoms with van der Waals surface area (Å²) >= 11 is 0. The Hall–Kier alpha value is -2.42. The van der Waals surface area contributed by atoms with E-state index in [9.17, 15) is 13.2 Å². The van der Waals surface area contributed by atoms with Crippen molar-refractivity contribution in [2.75, 3.05) is 37.3 Å². The molecule has 1 fully saturated rings. The number of sulfonamides is 1. The number of carbonyl (C=O) groups is 1. The highest BCUT2D eigenvalue weighted by Gasteiger charge is 2.24. The second kappa shape index (κ2) is 8.72. The molecule has 0 spiro atoms. The van der Waals surface area contributed by atoms with Crippen LogP contribution >= 0.6 is 0 Å². The molecule has 0 radical (unpaired) electrons. The van der Waals surface area contributed by atoms with Crippen LogP contribution in [0, 0.1) is 6.92 Å². The van der Waals surface area contributed by atoms with Gasteiger partial charge < -0.3 is 10.6 Å². The van der Waals surface area contributed by atoms with E-state index in [1.165, 1.54) is 13.1 Å². The summed E-state index contributed by atoms with van der Waals surface area (Å²) in [5.41, 5.74) is 2.18. The first-order valence-corrected chi connectivity index (χ1v) is 10.7. The third-order valence-electron chi connectivity index (χ3n) is 4.81. The predicted molar refractivity (Wildman–Crippen MR) is 111 cm³/mol. The van der Waals surface area contributed by atoms with Crippen molar-refractivity contribution >= 4 is 27.3 Å². The van der Waals surface area contributed by atoms with Gasteiger partial charge in [0.15, 0.2) is 0 Å². The van der Waals surface area contributed by atoms with Gasteiger partial charge in [0.25, 0.3) is 0 Å². The van der Waals surface area contributed by atoms with Crippen molar-refractivity contribution in [3.63, 3.8) is 0 Å². The Kier molecular flexibility index (Phi) is 6.33. The topological polar surface area (TPSA) is 90.5 Å². The van der Waals surface area contributed by atoms with Crippen molar-refractivity contribution in [2.24, 2.45) is 0 Å². The largest absolute Gasteiger partial charge is 0.381 e. The predicted octanol–water partition coefficient (Wildman–Crippen LogP) is 2.03. The molecule has 0 aromatic heterocycles. The Labute approximate surface area is 166 Å². The first-order valence-electron chi connectivity index (χ1n) is 9.25. The third kappa shape index (κ3) is 5.09. The summed E-state index contributed by atoms with van der Waals surface area (Å²) in [6.07, 6.45) is 0.970. The summed E-state index contributed by atoms with van der Waals surface area (Å²) in [6.45, 7) is 3.62. The minimum atomic E-state index is -3.57. The van der Waals surface area contributed by atoms with E-state index in [1.807, 2.05) is 30.3 Å². The van der Waals surface area contributed by atoms with Gasteiger partial charge in [0.1, 0.15) is 0 Å². The van der Waals surface area contributed by atoms with Crippen molar-refractivity contribution in [3.05, 3.63) is 54.1 Å². The first-order chi connectivity index (χ1) is 13.4. The molecule has 1 amide bonds. The minimum absolute atomic E-state index is 0.156. The molecule has 1 unspecified atom stereocenters. The van der Waals surface area contributed by atoms with E-state index in [2.05, 4.69) is 20.3 Å². The number of carbonyl (C=O) groups excluding carboxylic acids is 1. The molecular weight excluding hydrogens is 376 g/mol. The summed E-state index contributed by atoms with van der Waals surface area (Å²) in [5.74, 6) is -0.156. The van der Waals surface area contributed by atoms with Gasteiger partial charge in [0.2, 0.25) is 15.9 Å². The number of amides is 1. The average molecular weight is 403 g/mol. The van der Waals surface area contributed by atoms with E-state index < -0.39 is 10.0 Å². The fourth-order valence-corrected chi connectivity index (χ4v) is 4.34. The molecule has 1 aliphatic rings. The third-order valence-corrected chi connectivity index (χ3v) is 6.37. The zero-order chi connectivity index (χ0) is 20.1. The lowest BCUT2D eigenvalue weighted by Gasteiger charge is -2.17. The fraction of sp³-hybridized carbons (Fsp3) is 0.350. The lowest BCUT2D eigenvalue weighted by molar-refractivity contribution is -0.117. The molecule has 1 heterocycles. The molecule has 1 aliphatic heterocycles. The minimum Gasteiger partial charge on any atom is -0.381 e. The van der Waals surface area contributed by atoms with Crippen molar-refractivity contribution in [3.8, 4) is 0 Å². The van der Waals surface area contributed by atoms with Gasteiger partial charge in [-0.05, 0) is 50.2 Å². The van der Waals surface area contributed by atoms with E-state index >= 15 is 0 Å². The second-order valence-corrected chi connectivity index (χ2v) is 8.82. The maximum Gasteiger partial charge on any atom is 0.240 e. The van der Waals surface area contributed by atoms with Gasteiger partial charge in [0.05, 0.1) is 11.4 Å². The van der Waals surface area contributed by atoms with Crippen LogP contribution in [-0.4, -0.2) is 51.9 Å². The number of aryl methyl sites for hydroxylation is 1. The molecule has 8 heteroatoms. The zero-order valence-corrected chi connectivity index (χ0v) is 16.9. The molecule has 3 N–H and O–H groups in total. The number of rotatable bonds is 7. The van der Waals surface area contributed by atoms with Gasteiger partial charge >= 0.3 is 0 Å². The number of nitrogens with zero attached hydrogens (tertiary/aromatic N) is 1. The molecule has 28 heavy (non-hydrogen) atoms. The zero-order valence-electron chi connectivity index (χ0n) is 16.1. The van der Waals surface area contributed by atoms with E-state index in [1.54, 1.807) is 19.1 Å². The van der Waals surface area contributed by atoms with E-state index in [0.717, 1.165) is 25.2 Å². The number of anilines is 2. The van der Waals surface area contributed by atoms with Gasteiger partial charge in [-0.15, -0.1) is 0 Å². The van der Waals surface area contributed by atoms with E-state index in [0.29, 0.717) is 17.3 Å². The van der Waals surface area contributed by atoms with Gasteiger partial charge in [-0.25, -0.2) is 13.1 Å². The molecule has 7 nitrogen and oxygen atoms in total. The van der Waals surface area contributed by atoms with Crippen molar-refractivity contribution in [1.82, 2.24) is 9.62 Å². The number of benzene rings is 2. The Bertz CT molecular complexity index is 932. The van der Waals surface area contributed by atoms with Crippen LogP contribution in [0.4, 0.5) is 11.4 Å². The van der Waals surface area contributed by atoms with Crippen molar-refractivity contribution in [2.45, 2.75) is 24.3 Å². The molecule has 2 aromatic rings. The lowest BCUT2D eigenvalue weighted by Crippen LogP contribution is -2.33. The maximum atomic E-state index is 12.4. The highest BCUT2D eigenvalue weighted by atomic mass is 32.2. The number of para-hydroxylation sites is 1. The summed E-state index contributed by atoms with van der Waals surface area (Å²) in [6, 6.07) is 15.2. The average Bonchev–Trinajstić information content (AvgIpc) is 3.10. The Balaban J connectivity index is 1.56.